The Kier molecular flexibility index (Phi) is 4.61. The summed E-state index contributed by atoms with van der Waals surface area (Å²) in [5.74, 6) is -0.162. The van der Waals surface area contributed by atoms with Crippen molar-refractivity contribution in [2.75, 3.05) is 26.2 Å². The van der Waals surface area contributed by atoms with E-state index in [1.165, 1.54) is 0 Å². The molecule has 3 aromatic rings. The molecule has 0 bridgehead atoms. The van der Waals surface area contributed by atoms with Gasteiger partial charge in [0.1, 0.15) is 11.8 Å². The summed E-state index contributed by atoms with van der Waals surface area (Å²) in [6, 6.07) is 14.1. The molecule has 1 aromatic heterocycles. The first-order valence-electron chi connectivity index (χ1n) is 10.4. The average Bonchev–Trinajstić information content (AvgIpc) is 3.43. The molecule has 2 N–H and O–H groups in total. The Labute approximate surface area is 175 Å². The summed E-state index contributed by atoms with van der Waals surface area (Å²) in [6.45, 7) is 2.22. The number of aromatic nitrogens is 2. The highest BCUT2D eigenvalue weighted by Crippen LogP contribution is 2.37. The fourth-order valence-electron chi connectivity index (χ4n) is 4.31. The van der Waals surface area contributed by atoms with Crippen LogP contribution in [0.4, 0.5) is 0 Å². The van der Waals surface area contributed by atoms with E-state index in [1.54, 1.807) is 4.90 Å². The Balaban J connectivity index is 1.29. The third-order valence-electron chi connectivity index (χ3n) is 6.35. The third kappa shape index (κ3) is 3.29. The van der Waals surface area contributed by atoms with E-state index in [0.29, 0.717) is 39.0 Å². The second-order valence-electron chi connectivity index (χ2n) is 8.37. The highest BCUT2D eigenvalue weighted by atomic mass is 16.3. The molecule has 0 radical (unpaired) electrons. The van der Waals surface area contributed by atoms with Crippen LogP contribution in [0.3, 0.4) is 0 Å². The first-order chi connectivity index (χ1) is 14.5. The van der Waals surface area contributed by atoms with Crippen LogP contribution in [0.2, 0.25) is 0 Å². The van der Waals surface area contributed by atoms with E-state index in [4.69, 9.17) is 0 Å². The van der Waals surface area contributed by atoms with Gasteiger partial charge in [0.2, 0.25) is 0 Å². The van der Waals surface area contributed by atoms with Crippen LogP contribution in [-0.4, -0.2) is 67.5 Å². The number of carbonyl (C=O) groups excluding carboxylic acids is 1. The van der Waals surface area contributed by atoms with E-state index in [1.807, 2.05) is 53.2 Å². The van der Waals surface area contributed by atoms with Crippen molar-refractivity contribution in [3.05, 3.63) is 54.2 Å². The molecule has 1 saturated carbocycles. The van der Waals surface area contributed by atoms with Crippen molar-refractivity contribution >= 4 is 16.8 Å². The van der Waals surface area contributed by atoms with Gasteiger partial charge in [-0.05, 0) is 24.0 Å². The summed E-state index contributed by atoms with van der Waals surface area (Å²) >= 11 is 0. The molecule has 1 atom stereocenters. The number of para-hydroxylation sites is 1. The summed E-state index contributed by atoms with van der Waals surface area (Å²) in [4.78, 5) is 16.0. The van der Waals surface area contributed by atoms with E-state index in [9.17, 15) is 15.0 Å². The van der Waals surface area contributed by atoms with Crippen molar-refractivity contribution in [1.29, 1.82) is 0 Å². The molecule has 1 saturated heterocycles. The first kappa shape index (κ1) is 19.2. The van der Waals surface area contributed by atoms with Crippen molar-refractivity contribution in [3.63, 3.8) is 0 Å². The van der Waals surface area contributed by atoms with E-state index in [0.717, 1.165) is 27.6 Å². The van der Waals surface area contributed by atoms with E-state index >= 15 is 0 Å². The molecule has 7 nitrogen and oxygen atoms in total. The second kappa shape index (κ2) is 7.19. The van der Waals surface area contributed by atoms with Gasteiger partial charge in [-0.1, -0.05) is 42.5 Å². The summed E-state index contributed by atoms with van der Waals surface area (Å²) in [6.07, 6.45) is 2.28. The molecule has 1 aliphatic carbocycles. The average molecular weight is 406 g/mol. The standard InChI is InChI=1S/C23H26N4O3/c1-25-20-18(15-24-25)3-2-4-19(20)16-5-7-17(8-6-16)21(28)26-11-13-27(14-12-26)22(29)23(30)9-10-23/h2-8,15,21,28,30H,9-14H2,1H3. The van der Waals surface area contributed by atoms with E-state index in [2.05, 4.69) is 17.2 Å². The summed E-state index contributed by atoms with van der Waals surface area (Å²) in [7, 11) is 1.94. The molecule has 1 amide bonds. The van der Waals surface area contributed by atoms with Crippen LogP contribution in [-0.2, 0) is 11.8 Å². The molecular formula is C23H26N4O3. The number of rotatable bonds is 4. The van der Waals surface area contributed by atoms with Crippen LogP contribution in [0.1, 0.15) is 24.6 Å². The summed E-state index contributed by atoms with van der Waals surface area (Å²) in [5, 5.41) is 26.3. The molecule has 1 aliphatic heterocycles. The van der Waals surface area contributed by atoms with Crippen LogP contribution in [0, 0.1) is 0 Å². The van der Waals surface area contributed by atoms with Crippen LogP contribution < -0.4 is 0 Å². The summed E-state index contributed by atoms with van der Waals surface area (Å²) < 4.78 is 1.88. The second-order valence-corrected chi connectivity index (χ2v) is 8.37. The number of piperazine rings is 1. The maximum atomic E-state index is 12.3. The fraction of sp³-hybridized carbons (Fsp3) is 0.391. The smallest absolute Gasteiger partial charge is 0.254 e. The van der Waals surface area contributed by atoms with Crippen molar-refractivity contribution < 1.29 is 15.0 Å². The lowest BCUT2D eigenvalue weighted by Gasteiger charge is -2.38. The Bertz CT molecular complexity index is 1080. The highest BCUT2D eigenvalue weighted by molar-refractivity contribution is 5.93. The Morgan fingerprint density at radius 1 is 1.07 bits per heavy atom. The molecule has 5 rings (SSSR count). The lowest BCUT2D eigenvalue weighted by Crippen LogP contribution is -2.52. The lowest BCUT2D eigenvalue weighted by molar-refractivity contribution is -0.146. The molecular weight excluding hydrogens is 380 g/mol. The Morgan fingerprint density at radius 2 is 1.77 bits per heavy atom. The van der Waals surface area contributed by atoms with Gasteiger partial charge in [-0.15, -0.1) is 0 Å². The normalized spacial score (nSPS) is 19.8. The largest absolute Gasteiger partial charge is 0.380 e. The molecule has 2 aliphatic rings. The van der Waals surface area contributed by atoms with Gasteiger partial charge in [0, 0.05) is 44.2 Å². The van der Waals surface area contributed by atoms with Gasteiger partial charge in [-0.25, -0.2) is 0 Å². The van der Waals surface area contributed by atoms with Gasteiger partial charge in [0.05, 0.1) is 11.7 Å². The lowest BCUT2D eigenvalue weighted by atomic mass is 10.0. The molecule has 30 heavy (non-hydrogen) atoms. The van der Waals surface area contributed by atoms with Crippen molar-refractivity contribution in [2.24, 2.45) is 7.05 Å². The Morgan fingerprint density at radius 3 is 2.43 bits per heavy atom. The Hall–Kier alpha value is -2.74. The topological polar surface area (TPSA) is 81.8 Å². The van der Waals surface area contributed by atoms with Gasteiger partial charge in [-0.2, -0.15) is 5.10 Å². The minimum Gasteiger partial charge on any atom is -0.380 e. The highest BCUT2D eigenvalue weighted by Gasteiger charge is 2.50. The van der Waals surface area contributed by atoms with Gasteiger partial charge in [0.15, 0.2) is 0 Å². The maximum Gasteiger partial charge on any atom is 0.254 e. The zero-order valence-electron chi connectivity index (χ0n) is 17.0. The van der Waals surface area contributed by atoms with Gasteiger partial charge < -0.3 is 15.1 Å². The quantitative estimate of drug-likeness (QED) is 0.692. The van der Waals surface area contributed by atoms with E-state index < -0.39 is 11.8 Å². The number of fused-ring (bicyclic) bond motifs is 1. The van der Waals surface area contributed by atoms with Crippen molar-refractivity contribution in [3.8, 4) is 11.1 Å². The van der Waals surface area contributed by atoms with Gasteiger partial charge in [-0.3, -0.25) is 14.4 Å². The first-order valence-corrected chi connectivity index (χ1v) is 10.4. The minimum absolute atomic E-state index is 0.162. The summed E-state index contributed by atoms with van der Waals surface area (Å²) in [5.41, 5.74) is 2.99. The van der Waals surface area contributed by atoms with Gasteiger partial charge >= 0.3 is 0 Å². The number of carbonyl (C=O) groups is 1. The van der Waals surface area contributed by atoms with Crippen molar-refractivity contribution in [2.45, 2.75) is 24.7 Å². The zero-order valence-corrected chi connectivity index (χ0v) is 17.0. The molecule has 2 fully saturated rings. The molecule has 156 valence electrons. The number of aliphatic hydroxyl groups is 2. The number of hydrogen-bond donors (Lipinski definition) is 2. The van der Waals surface area contributed by atoms with Crippen LogP contribution in [0.25, 0.3) is 22.0 Å². The van der Waals surface area contributed by atoms with Crippen LogP contribution in [0.5, 0.6) is 0 Å². The monoisotopic (exact) mass is 406 g/mol. The number of aliphatic hydroxyl groups excluding tert-OH is 1. The molecule has 0 spiro atoms. The molecule has 1 unspecified atom stereocenters. The number of amides is 1. The fourth-order valence-corrected chi connectivity index (χ4v) is 4.31. The SMILES string of the molecule is Cn1ncc2cccc(-c3ccc(C(O)N4CCN(C(=O)C5(O)CC5)CC4)cc3)c21. The predicted molar refractivity (Wildman–Crippen MR) is 113 cm³/mol. The zero-order chi connectivity index (χ0) is 20.9. The maximum absolute atomic E-state index is 12.3. The number of hydrogen-bond acceptors (Lipinski definition) is 5. The number of aryl methyl sites for hydroxylation is 1. The molecule has 2 heterocycles. The number of nitrogens with zero attached hydrogens (tertiary/aromatic N) is 4. The van der Waals surface area contributed by atoms with Crippen LogP contribution in [0.15, 0.2) is 48.7 Å². The minimum atomic E-state index is -1.12. The third-order valence-corrected chi connectivity index (χ3v) is 6.35. The molecule has 7 heteroatoms. The van der Waals surface area contributed by atoms with E-state index in [-0.39, 0.29) is 5.91 Å². The van der Waals surface area contributed by atoms with Crippen molar-refractivity contribution in [1.82, 2.24) is 19.6 Å². The van der Waals surface area contributed by atoms with Gasteiger partial charge in [0.25, 0.3) is 5.91 Å². The molecule has 2 aromatic carbocycles. The number of benzene rings is 2. The van der Waals surface area contributed by atoms with Crippen LogP contribution >= 0.6 is 0 Å². The predicted octanol–water partition coefficient (Wildman–Crippen LogP) is 1.90.